The molecule has 3 fully saturated rings. The Morgan fingerprint density at radius 1 is 1.02 bits per heavy atom. The van der Waals surface area contributed by atoms with Crippen molar-refractivity contribution in [3.8, 4) is 11.5 Å². The van der Waals surface area contributed by atoms with Crippen molar-refractivity contribution in [1.82, 2.24) is 4.90 Å². The minimum Gasteiger partial charge on any atom is -0.493 e. The molecule has 2 bridgehead atoms. The van der Waals surface area contributed by atoms with Gasteiger partial charge in [0.2, 0.25) is 12.4 Å². The third-order valence-corrected chi connectivity index (χ3v) is 11.3. The molecule has 0 radical (unpaired) electrons. The Hall–Kier alpha value is -4.17. The number of aromatic nitrogens is 1. The smallest absolute Gasteiger partial charge is 0.414 e. The highest BCUT2D eigenvalue weighted by atomic mass is 35.5. The van der Waals surface area contributed by atoms with Crippen molar-refractivity contribution in [1.29, 1.82) is 0 Å². The highest BCUT2D eigenvalue weighted by Crippen LogP contribution is 2.42. The summed E-state index contributed by atoms with van der Waals surface area (Å²) in [5.41, 5.74) is 1.44. The van der Waals surface area contributed by atoms with E-state index in [1.165, 1.54) is 49.7 Å². The zero-order valence-electron chi connectivity index (χ0n) is 27.7. The summed E-state index contributed by atoms with van der Waals surface area (Å²) in [5.74, 6) is -0.790. The number of carboxylic acids is 1. The van der Waals surface area contributed by atoms with E-state index in [2.05, 4.69) is 4.90 Å². The second-order valence-electron chi connectivity index (χ2n) is 12.5. The lowest BCUT2D eigenvalue weighted by atomic mass is 9.85. The van der Waals surface area contributed by atoms with Gasteiger partial charge in [-0.05, 0) is 79.7 Å². The van der Waals surface area contributed by atoms with Gasteiger partial charge in [0.15, 0.2) is 11.5 Å². The molecule has 15 heteroatoms. The number of hydrogen-bond acceptors (Lipinski definition) is 8. The first-order valence-corrected chi connectivity index (χ1v) is 17.8. The fourth-order valence-electron chi connectivity index (χ4n) is 6.86. The molecule has 2 N–H and O–H groups in total. The van der Waals surface area contributed by atoms with Gasteiger partial charge in [-0.3, -0.25) is 15.0 Å². The van der Waals surface area contributed by atoms with E-state index in [9.17, 15) is 28.7 Å². The SMILES string of the molecule is COc1ccc([C@H](Cc2c(Cl)c[n+](O)cc2Cl)c2cc(CN(C(=O)O[C@H]3CN4CCC3CC4)c3cccc(C(F)F)c3)sc2C(=O)O)cc1OC. The summed E-state index contributed by atoms with van der Waals surface area (Å²) in [4.78, 5) is 30.8. The third-order valence-electron chi connectivity index (χ3n) is 9.48. The first-order chi connectivity index (χ1) is 24.4. The van der Waals surface area contributed by atoms with Gasteiger partial charge in [0, 0.05) is 38.9 Å². The Kier molecular flexibility index (Phi) is 11.2. The first-order valence-electron chi connectivity index (χ1n) is 16.2. The van der Waals surface area contributed by atoms with Gasteiger partial charge in [-0.25, -0.2) is 18.4 Å². The van der Waals surface area contributed by atoms with Crippen LogP contribution < -0.4 is 19.1 Å². The quantitative estimate of drug-likeness (QED) is 0.111. The summed E-state index contributed by atoms with van der Waals surface area (Å²) in [5, 5.41) is 20.8. The lowest BCUT2D eigenvalue weighted by molar-refractivity contribution is -0.904. The number of carbonyl (C=O) groups is 2. The lowest BCUT2D eigenvalue weighted by Crippen LogP contribution is -2.53. The van der Waals surface area contributed by atoms with Crippen LogP contribution in [0.4, 0.5) is 19.3 Å². The molecule has 4 aromatic rings. The summed E-state index contributed by atoms with van der Waals surface area (Å²) >= 11 is 14.0. The van der Waals surface area contributed by atoms with Crippen molar-refractivity contribution in [3.05, 3.63) is 103 Å². The van der Waals surface area contributed by atoms with E-state index in [0.29, 0.717) is 39.6 Å². The molecule has 7 rings (SSSR count). The van der Waals surface area contributed by atoms with Gasteiger partial charge >= 0.3 is 12.1 Å². The molecule has 51 heavy (non-hydrogen) atoms. The minimum absolute atomic E-state index is 0.00257. The van der Waals surface area contributed by atoms with Crippen LogP contribution in [0.3, 0.4) is 0 Å². The van der Waals surface area contributed by atoms with Crippen molar-refractivity contribution in [2.24, 2.45) is 5.92 Å². The molecule has 3 aliphatic heterocycles. The average Bonchev–Trinajstić information content (AvgIpc) is 3.54. The maximum absolute atomic E-state index is 13.9. The number of nitrogens with zero attached hydrogens (tertiary/aromatic N) is 3. The third kappa shape index (κ3) is 8.01. The molecule has 3 saturated heterocycles. The van der Waals surface area contributed by atoms with E-state index in [0.717, 1.165) is 42.0 Å². The Morgan fingerprint density at radius 3 is 2.33 bits per heavy atom. The zero-order valence-corrected chi connectivity index (χ0v) is 30.1. The Morgan fingerprint density at radius 2 is 1.73 bits per heavy atom. The molecule has 0 unspecified atom stereocenters. The normalized spacial score (nSPS) is 18.8. The summed E-state index contributed by atoms with van der Waals surface area (Å²) in [6, 6.07) is 12.4. The van der Waals surface area contributed by atoms with Gasteiger partial charge < -0.3 is 19.3 Å². The van der Waals surface area contributed by atoms with E-state index in [4.69, 9.17) is 37.4 Å². The number of rotatable bonds is 12. The number of alkyl halides is 2. The Bertz CT molecular complexity index is 1900. The predicted molar refractivity (Wildman–Crippen MR) is 187 cm³/mol. The minimum atomic E-state index is -2.77. The average molecular weight is 764 g/mol. The van der Waals surface area contributed by atoms with Crippen molar-refractivity contribution >= 4 is 52.3 Å². The number of halogens is 4. The number of anilines is 1. The molecule has 10 nitrogen and oxygen atoms in total. The number of ether oxygens (including phenoxy) is 3. The first kappa shape index (κ1) is 36.6. The molecule has 5 heterocycles. The van der Waals surface area contributed by atoms with Crippen LogP contribution in [0.2, 0.25) is 10.0 Å². The number of carbonyl (C=O) groups excluding carboxylic acids is 1. The summed E-state index contributed by atoms with van der Waals surface area (Å²) in [6.07, 6.45) is 0.656. The van der Waals surface area contributed by atoms with Crippen LogP contribution in [-0.2, 0) is 17.7 Å². The van der Waals surface area contributed by atoms with Crippen molar-refractivity contribution in [3.63, 3.8) is 0 Å². The second kappa shape index (κ2) is 15.6. The molecule has 2 aromatic carbocycles. The number of thiophene rings is 1. The molecule has 2 atom stereocenters. The topological polar surface area (TPSA) is 113 Å². The van der Waals surface area contributed by atoms with Crippen molar-refractivity contribution in [2.75, 3.05) is 38.8 Å². The van der Waals surface area contributed by atoms with E-state index in [1.807, 2.05) is 0 Å². The summed E-state index contributed by atoms with van der Waals surface area (Å²) in [6.45, 7) is 2.33. The van der Waals surface area contributed by atoms with Crippen molar-refractivity contribution in [2.45, 2.75) is 44.3 Å². The van der Waals surface area contributed by atoms with Gasteiger partial charge in [-0.2, -0.15) is 0 Å². The molecule has 3 aliphatic rings. The van der Waals surface area contributed by atoms with Crippen molar-refractivity contribution < 1.29 is 47.6 Å². The number of aromatic carboxylic acids is 1. The van der Waals surface area contributed by atoms with Crippen LogP contribution in [0.15, 0.2) is 60.9 Å². The van der Waals surface area contributed by atoms with Crippen LogP contribution in [0.5, 0.6) is 11.5 Å². The fourth-order valence-corrected chi connectivity index (χ4v) is 8.52. The van der Waals surface area contributed by atoms with Crippen LogP contribution in [0.25, 0.3) is 0 Å². The maximum Gasteiger partial charge on any atom is 0.414 e. The number of amides is 1. The number of piperidine rings is 3. The zero-order chi connectivity index (χ0) is 36.4. The van der Waals surface area contributed by atoms with E-state index in [1.54, 1.807) is 30.3 Å². The fraction of sp³-hybridized carbons (Fsp3) is 0.361. The van der Waals surface area contributed by atoms with E-state index < -0.39 is 24.4 Å². The molecule has 0 aliphatic carbocycles. The molecule has 0 saturated carbocycles. The number of carboxylic acid groups (broad SMARTS) is 1. The highest BCUT2D eigenvalue weighted by molar-refractivity contribution is 7.14. The lowest BCUT2D eigenvalue weighted by Gasteiger charge is -2.44. The van der Waals surface area contributed by atoms with E-state index >= 15 is 0 Å². The molecule has 1 amide bonds. The molecular formula is C36H36Cl2F2N3O7S+. The number of benzene rings is 2. The van der Waals surface area contributed by atoms with Gasteiger partial charge in [-0.15, -0.1) is 11.3 Å². The second-order valence-corrected chi connectivity index (χ2v) is 14.5. The monoisotopic (exact) mass is 762 g/mol. The number of fused-ring (bicyclic) bond motifs is 3. The van der Waals surface area contributed by atoms with E-state index in [-0.39, 0.29) is 51.2 Å². The van der Waals surface area contributed by atoms with Gasteiger partial charge in [0.25, 0.3) is 6.43 Å². The van der Waals surface area contributed by atoms with Crippen LogP contribution >= 0.6 is 34.5 Å². The maximum atomic E-state index is 13.9. The van der Waals surface area contributed by atoms with Gasteiger partial charge in [0.05, 0.1) is 20.8 Å². The van der Waals surface area contributed by atoms with Gasteiger partial charge in [0.1, 0.15) is 21.0 Å². The molecule has 0 spiro atoms. The number of methoxy groups -OCH3 is 2. The highest BCUT2D eigenvalue weighted by Gasteiger charge is 2.38. The Labute approximate surface area is 307 Å². The molecule has 2 aromatic heterocycles. The van der Waals surface area contributed by atoms with Crippen LogP contribution in [-0.4, -0.2) is 67.2 Å². The number of pyridine rings is 1. The predicted octanol–water partition coefficient (Wildman–Crippen LogP) is 7.84. The number of hydrogen-bond donors (Lipinski definition) is 2. The van der Waals surface area contributed by atoms with Crippen LogP contribution in [0, 0.1) is 5.92 Å². The molecular weight excluding hydrogens is 727 g/mol. The summed E-state index contributed by atoms with van der Waals surface area (Å²) in [7, 11) is 2.99. The van der Waals surface area contributed by atoms with Gasteiger partial charge in [-0.1, -0.05) is 41.4 Å². The largest absolute Gasteiger partial charge is 0.493 e. The van der Waals surface area contributed by atoms with Crippen LogP contribution in [0.1, 0.15) is 62.0 Å². The molecule has 270 valence electrons. The Balaban J connectivity index is 1.42. The summed E-state index contributed by atoms with van der Waals surface area (Å²) < 4.78 is 45.4. The standard InChI is InChI=1S/C36H35Cl2F2N3O7S/c1-48-30-7-6-21(13-31(30)49-2)25(15-27-28(37)17-42(47)18-29(27)38)26-14-24(51-33(26)35(44)45)16-43(23-5-3-4-22(12-23)34(39)40)36(46)50-32-19-41-10-8-20(32)9-11-41/h3-7,12-14,17-18,20,25,32,34H,8-11,15-16,19H2,1-2H3,(H-,44,45,47)/p+1/t25-,32-/m0/s1.